The number of nitrogens with one attached hydrogen (secondary N) is 1. The molecule has 0 aliphatic carbocycles. The molecular weight excluding hydrogens is 310 g/mol. The van der Waals surface area contributed by atoms with Gasteiger partial charge in [-0.25, -0.2) is 4.79 Å². The molecule has 0 aromatic heterocycles. The molecule has 1 heterocycles. The van der Waals surface area contributed by atoms with Crippen molar-refractivity contribution in [2.45, 2.75) is 18.9 Å². The third-order valence-electron chi connectivity index (χ3n) is 3.28. The van der Waals surface area contributed by atoms with E-state index in [1.165, 1.54) is 4.90 Å². The second-order valence-corrected chi connectivity index (χ2v) is 5.58. The summed E-state index contributed by atoms with van der Waals surface area (Å²) in [4.78, 5) is 25.5. The van der Waals surface area contributed by atoms with Crippen molar-refractivity contribution in [3.63, 3.8) is 0 Å². The molecule has 0 spiro atoms. The number of carbonyl (C=O) groups excluding carboxylic acids is 2. The molecule has 1 atom stereocenters. The lowest BCUT2D eigenvalue weighted by atomic mass is 9.92. The van der Waals surface area contributed by atoms with Crippen LogP contribution in [0.2, 0.25) is 0 Å². The Morgan fingerprint density at radius 1 is 1.32 bits per heavy atom. The fourth-order valence-electron chi connectivity index (χ4n) is 2.13. The van der Waals surface area contributed by atoms with E-state index in [4.69, 9.17) is 5.73 Å². The second kappa shape index (κ2) is 5.30. The van der Waals surface area contributed by atoms with Crippen LogP contribution in [0.5, 0.6) is 0 Å². The first-order valence-corrected chi connectivity index (χ1v) is 6.88. The molecule has 1 aliphatic rings. The minimum Gasteiger partial charge on any atom is -0.330 e. The zero-order valence-corrected chi connectivity index (χ0v) is 12.2. The first-order chi connectivity index (χ1) is 8.99. The van der Waals surface area contributed by atoms with E-state index in [1.54, 1.807) is 6.92 Å². The highest BCUT2D eigenvalue weighted by Crippen LogP contribution is 2.29. The lowest BCUT2D eigenvalue weighted by Crippen LogP contribution is -2.41. The molecule has 1 aromatic rings. The Morgan fingerprint density at radius 2 is 1.95 bits per heavy atom. The summed E-state index contributed by atoms with van der Waals surface area (Å²) in [5, 5.41) is 2.76. The van der Waals surface area contributed by atoms with Crippen LogP contribution in [0.3, 0.4) is 0 Å². The topological polar surface area (TPSA) is 75.4 Å². The van der Waals surface area contributed by atoms with Crippen LogP contribution in [0.1, 0.15) is 18.9 Å². The van der Waals surface area contributed by atoms with Crippen LogP contribution in [0, 0.1) is 0 Å². The van der Waals surface area contributed by atoms with Gasteiger partial charge in [-0.3, -0.25) is 9.69 Å². The average molecular weight is 326 g/mol. The molecule has 3 amide bonds. The number of benzene rings is 1. The van der Waals surface area contributed by atoms with Crippen LogP contribution in [-0.2, 0) is 10.3 Å². The molecule has 6 heteroatoms. The SMILES string of the molecule is CC1(c2ccc(Br)cc2)NC(=O)N(CCCN)C1=O. The Bertz CT molecular complexity index is 503. The summed E-state index contributed by atoms with van der Waals surface area (Å²) in [6.07, 6.45) is 0.607. The molecule has 1 unspecified atom stereocenters. The van der Waals surface area contributed by atoms with Crippen molar-refractivity contribution < 1.29 is 9.59 Å². The summed E-state index contributed by atoms with van der Waals surface area (Å²) in [5.41, 5.74) is 5.19. The molecule has 102 valence electrons. The van der Waals surface area contributed by atoms with Crippen molar-refractivity contribution in [2.75, 3.05) is 13.1 Å². The van der Waals surface area contributed by atoms with E-state index in [1.807, 2.05) is 24.3 Å². The van der Waals surface area contributed by atoms with Crippen LogP contribution in [0.4, 0.5) is 4.79 Å². The Hall–Kier alpha value is -1.40. The summed E-state index contributed by atoms with van der Waals surface area (Å²) in [6, 6.07) is 7.00. The number of nitrogens with zero attached hydrogens (tertiary/aromatic N) is 1. The molecule has 0 bridgehead atoms. The maximum Gasteiger partial charge on any atom is 0.325 e. The number of carbonyl (C=O) groups is 2. The quantitative estimate of drug-likeness (QED) is 0.825. The highest BCUT2D eigenvalue weighted by Gasteiger charge is 2.48. The minimum atomic E-state index is -0.994. The fraction of sp³-hybridized carbons (Fsp3) is 0.385. The summed E-state index contributed by atoms with van der Waals surface area (Å²) in [6.45, 7) is 2.53. The minimum absolute atomic E-state index is 0.228. The number of halogens is 1. The second-order valence-electron chi connectivity index (χ2n) is 4.66. The largest absolute Gasteiger partial charge is 0.330 e. The van der Waals surface area contributed by atoms with E-state index in [9.17, 15) is 9.59 Å². The van der Waals surface area contributed by atoms with Crippen LogP contribution >= 0.6 is 15.9 Å². The normalized spacial score (nSPS) is 22.8. The van der Waals surface area contributed by atoms with Crippen LogP contribution in [0.15, 0.2) is 28.7 Å². The van der Waals surface area contributed by atoms with E-state index in [2.05, 4.69) is 21.2 Å². The highest BCUT2D eigenvalue weighted by atomic mass is 79.9. The number of nitrogens with two attached hydrogens (primary N) is 1. The lowest BCUT2D eigenvalue weighted by Gasteiger charge is -2.22. The predicted octanol–water partition coefficient (Wildman–Crippen LogP) is 1.56. The van der Waals surface area contributed by atoms with Crippen molar-refractivity contribution in [1.29, 1.82) is 0 Å². The van der Waals surface area contributed by atoms with Gasteiger partial charge in [0.1, 0.15) is 5.54 Å². The molecule has 2 rings (SSSR count). The molecule has 1 fully saturated rings. The van der Waals surface area contributed by atoms with Crippen molar-refractivity contribution >= 4 is 27.9 Å². The number of urea groups is 1. The van der Waals surface area contributed by atoms with E-state index >= 15 is 0 Å². The number of imide groups is 1. The standard InChI is InChI=1S/C13H16BrN3O2/c1-13(9-3-5-10(14)6-4-9)11(18)17(8-2-7-15)12(19)16-13/h3-6H,2,7-8,15H2,1H3,(H,16,19). The van der Waals surface area contributed by atoms with E-state index in [0.717, 1.165) is 10.0 Å². The van der Waals surface area contributed by atoms with Gasteiger partial charge >= 0.3 is 6.03 Å². The van der Waals surface area contributed by atoms with Gasteiger partial charge in [0.2, 0.25) is 0 Å². The van der Waals surface area contributed by atoms with Crippen molar-refractivity contribution in [3.05, 3.63) is 34.3 Å². The van der Waals surface area contributed by atoms with Gasteiger partial charge < -0.3 is 11.1 Å². The van der Waals surface area contributed by atoms with Gasteiger partial charge in [0.05, 0.1) is 0 Å². The van der Waals surface area contributed by atoms with Gasteiger partial charge in [0, 0.05) is 11.0 Å². The van der Waals surface area contributed by atoms with Crippen molar-refractivity contribution in [3.8, 4) is 0 Å². The maximum atomic E-state index is 12.4. The van der Waals surface area contributed by atoms with Crippen LogP contribution < -0.4 is 11.1 Å². The average Bonchev–Trinajstić information content (AvgIpc) is 2.60. The molecule has 19 heavy (non-hydrogen) atoms. The number of amides is 3. The first-order valence-electron chi connectivity index (χ1n) is 6.09. The van der Waals surface area contributed by atoms with Gasteiger partial charge in [0.25, 0.3) is 5.91 Å². The van der Waals surface area contributed by atoms with Crippen LogP contribution in [-0.4, -0.2) is 29.9 Å². The third-order valence-corrected chi connectivity index (χ3v) is 3.81. The molecule has 3 N–H and O–H groups in total. The molecular formula is C13H16BrN3O2. The van der Waals surface area contributed by atoms with Gasteiger partial charge in [-0.05, 0) is 37.6 Å². The molecule has 0 saturated carbocycles. The third kappa shape index (κ3) is 2.50. The molecule has 1 aromatic carbocycles. The Kier molecular flexibility index (Phi) is 3.91. The predicted molar refractivity (Wildman–Crippen MR) is 75.4 cm³/mol. The Labute approximate surface area is 120 Å². The van der Waals surface area contributed by atoms with E-state index in [-0.39, 0.29) is 11.9 Å². The number of hydrogen-bond donors (Lipinski definition) is 2. The highest BCUT2D eigenvalue weighted by molar-refractivity contribution is 9.10. The van der Waals surface area contributed by atoms with E-state index in [0.29, 0.717) is 19.5 Å². The summed E-state index contributed by atoms with van der Waals surface area (Å²) >= 11 is 3.35. The molecule has 1 aliphatic heterocycles. The molecule has 0 radical (unpaired) electrons. The zero-order valence-electron chi connectivity index (χ0n) is 10.6. The fourth-order valence-corrected chi connectivity index (χ4v) is 2.39. The number of rotatable bonds is 4. The van der Waals surface area contributed by atoms with Gasteiger partial charge in [0.15, 0.2) is 0 Å². The van der Waals surface area contributed by atoms with Gasteiger partial charge in [-0.2, -0.15) is 0 Å². The summed E-state index contributed by atoms with van der Waals surface area (Å²) < 4.78 is 0.927. The zero-order chi connectivity index (χ0) is 14.0. The van der Waals surface area contributed by atoms with Crippen LogP contribution in [0.25, 0.3) is 0 Å². The maximum absolute atomic E-state index is 12.4. The summed E-state index contributed by atoms with van der Waals surface area (Å²) in [7, 11) is 0. The van der Waals surface area contributed by atoms with Gasteiger partial charge in [-0.15, -0.1) is 0 Å². The Balaban J connectivity index is 2.27. The van der Waals surface area contributed by atoms with Gasteiger partial charge in [-0.1, -0.05) is 28.1 Å². The lowest BCUT2D eigenvalue weighted by molar-refractivity contribution is -0.131. The monoisotopic (exact) mass is 325 g/mol. The first kappa shape index (κ1) is 14.0. The summed E-state index contributed by atoms with van der Waals surface area (Å²) in [5.74, 6) is -0.228. The molecule has 1 saturated heterocycles. The van der Waals surface area contributed by atoms with E-state index < -0.39 is 5.54 Å². The smallest absolute Gasteiger partial charge is 0.325 e. The Morgan fingerprint density at radius 3 is 2.53 bits per heavy atom. The van der Waals surface area contributed by atoms with Crippen molar-refractivity contribution in [2.24, 2.45) is 5.73 Å². The number of hydrogen-bond acceptors (Lipinski definition) is 3. The molecule has 5 nitrogen and oxygen atoms in total. The van der Waals surface area contributed by atoms with Crippen molar-refractivity contribution in [1.82, 2.24) is 10.2 Å².